The van der Waals surface area contributed by atoms with Crippen LogP contribution in [0.1, 0.15) is 18.2 Å². The summed E-state index contributed by atoms with van der Waals surface area (Å²) in [5.41, 5.74) is 1.08. The molecule has 2 amide bonds. The topological polar surface area (TPSA) is 95.6 Å². The van der Waals surface area contributed by atoms with Crippen molar-refractivity contribution in [2.45, 2.75) is 19.9 Å². The first-order valence-electron chi connectivity index (χ1n) is 6.74. The molecule has 8 heteroatoms. The fraction of sp³-hybridized carbons (Fsp3) is 0.538. The molecule has 1 aliphatic rings. The van der Waals surface area contributed by atoms with E-state index in [1.54, 1.807) is 11.8 Å². The molecule has 1 aliphatic heterocycles. The Hall–Kier alpha value is -2.38. The summed E-state index contributed by atoms with van der Waals surface area (Å²) in [4.78, 5) is 44.7. The van der Waals surface area contributed by atoms with Crippen LogP contribution < -0.4 is 5.56 Å². The molecule has 1 aromatic rings. The first-order valence-corrected chi connectivity index (χ1v) is 6.74. The van der Waals surface area contributed by atoms with Crippen molar-refractivity contribution in [1.82, 2.24) is 19.8 Å². The quantitative estimate of drug-likeness (QED) is 0.829. The van der Waals surface area contributed by atoms with Gasteiger partial charge in [-0.15, -0.1) is 0 Å². The van der Waals surface area contributed by atoms with Gasteiger partial charge in [0.25, 0.3) is 5.56 Å². The zero-order chi connectivity index (χ0) is 15.4. The number of hydrogen-bond acceptors (Lipinski definition) is 5. The Morgan fingerprint density at radius 1 is 1.52 bits per heavy atom. The fourth-order valence-electron chi connectivity index (χ4n) is 2.18. The Morgan fingerprint density at radius 3 is 3.00 bits per heavy atom. The van der Waals surface area contributed by atoms with E-state index < -0.39 is 6.09 Å². The van der Waals surface area contributed by atoms with Gasteiger partial charge in [0.1, 0.15) is 6.54 Å². The molecule has 1 aromatic heterocycles. The highest BCUT2D eigenvalue weighted by Gasteiger charge is 2.25. The maximum Gasteiger partial charge on any atom is 0.409 e. The van der Waals surface area contributed by atoms with E-state index in [1.807, 2.05) is 0 Å². The van der Waals surface area contributed by atoms with Gasteiger partial charge in [-0.25, -0.2) is 9.78 Å². The SMILES string of the molecule is CCOC(=O)N(C)CC(=O)N1CCc2c(nc[nH]c2=O)C1. The second kappa shape index (κ2) is 6.38. The highest BCUT2D eigenvalue weighted by atomic mass is 16.6. The minimum absolute atomic E-state index is 0.0582. The Bertz CT molecular complexity index is 598. The zero-order valence-corrected chi connectivity index (χ0v) is 12.1. The number of amides is 2. The number of nitrogens with one attached hydrogen (secondary N) is 1. The number of carbonyl (C=O) groups is 2. The van der Waals surface area contributed by atoms with Crippen molar-refractivity contribution < 1.29 is 14.3 Å². The molecule has 0 atom stereocenters. The Labute approximate surface area is 121 Å². The van der Waals surface area contributed by atoms with Crippen LogP contribution in [0, 0.1) is 0 Å². The van der Waals surface area contributed by atoms with Gasteiger partial charge in [-0.1, -0.05) is 0 Å². The number of aromatic amines is 1. The lowest BCUT2D eigenvalue weighted by molar-refractivity contribution is -0.132. The molecule has 0 aliphatic carbocycles. The van der Waals surface area contributed by atoms with E-state index in [0.717, 1.165) is 0 Å². The predicted octanol–water partition coefficient (Wildman–Crippen LogP) is -0.257. The molecule has 0 fully saturated rings. The van der Waals surface area contributed by atoms with Crippen molar-refractivity contribution in [3.05, 3.63) is 27.9 Å². The molecular formula is C13H18N4O4. The number of likely N-dealkylation sites (N-methyl/N-ethyl adjacent to an activating group) is 1. The summed E-state index contributed by atoms with van der Waals surface area (Å²) in [6, 6.07) is 0. The van der Waals surface area contributed by atoms with Gasteiger partial charge in [0, 0.05) is 19.2 Å². The van der Waals surface area contributed by atoms with Crippen LogP contribution >= 0.6 is 0 Å². The van der Waals surface area contributed by atoms with E-state index in [-0.39, 0.29) is 31.2 Å². The number of ether oxygens (including phenoxy) is 1. The lowest BCUT2D eigenvalue weighted by Crippen LogP contribution is -2.44. The van der Waals surface area contributed by atoms with Crippen LogP contribution in [0.4, 0.5) is 4.79 Å². The molecule has 2 rings (SSSR count). The van der Waals surface area contributed by atoms with Crippen molar-refractivity contribution in [1.29, 1.82) is 0 Å². The summed E-state index contributed by atoms with van der Waals surface area (Å²) < 4.78 is 4.82. The number of nitrogens with zero attached hydrogens (tertiary/aromatic N) is 3. The van der Waals surface area contributed by atoms with Crippen LogP contribution in [0.15, 0.2) is 11.1 Å². The smallest absolute Gasteiger partial charge is 0.409 e. The van der Waals surface area contributed by atoms with Crippen LogP contribution in [0.25, 0.3) is 0 Å². The first kappa shape index (κ1) is 15.0. The predicted molar refractivity (Wildman–Crippen MR) is 73.6 cm³/mol. The molecule has 0 saturated carbocycles. The number of carbonyl (C=O) groups excluding carboxylic acids is 2. The summed E-state index contributed by atoms with van der Waals surface area (Å²) in [5, 5.41) is 0. The average molecular weight is 294 g/mol. The third kappa shape index (κ3) is 3.39. The molecule has 2 heterocycles. The average Bonchev–Trinajstić information content (AvgIpc) is 2.47. The van der Waals surface area contributed by atoms with Crippen LogP contribution in [0.5, 0.6) is 0 Å². The van der Waals surface area contributed by atoms with Gasteiger partial charge < -0.3 is 19.5 Å². The Balaban J connectivity index is 1.99. The monoisotopic (exact) mass is 294 g/mol. The Kier molecular flexibility index (Phi) is 4.56. The van der Waals surface area contributed by atoms with Crippen LogP contribution in [-0.4, -0.2) is 58.5 Å². The third-order valence-electron chi connectivity index (χ3n) is 3.32. The van der Waals surface area contributed by atoms with E-state index in [1.165, 1.54) is 18.3 Å². The molecular weight excluding hydrogens is 276 g/mol. The maximum atomic E-state index is 12.2. The fourth-order valence-corrected chi connectivity index (χ4v) is 2.18. The number of hydrogen-bond donors (Lipinski definition) is 1. The van der Waals surface area contributed by atoms with Gasteiger partial charge in [-0.3, -0.25) is 9.59 Å². The minimum atomic E-state index is -0.530. The molecule has 0 bridgehead atoms. The Morgan fingerprint density at radius 2 is 2.29 bits per heavy atom. The van der Waals surface area contributed by atoms with Gasteiger partial charge in [0.05, 0.1) is 25.2 Å². The maximum absolute atomic E-state index is 12.2. The number of rotatable bonds is 3. The van der Waals surface area contributed by atoms with Crippen molar-refractivity contribution in [2.75, 3.05) is 26.7 Å². The van der Waals surface area contributed by atoms with Crippen molar-refractivity contribution in [2.24, 2.45) is 0 Å². The summed E-state index contributed by atoms with van der Waals surface area (Å²) in [6.07, 6.45) is 1.27. The van der Waals surface area contributed by atoms with Gasteiger partial charge in [0.15, 0.2) is 0 Å². The van der Waals surface area contributed by atoms with E-state index >= 15 is 0 Å². The first-order chi connectivity index (χ1) is 10.0. The number of H-pyrrole nitrogens is 1. The van der Waals surface area contributed by atoms with Crippen molar-refractivity contribution >= 4 is 12.0 Å². The largest absolute Gasteiger partial charge is 0.450 e. The molecule has 0 unspecified atom stereocenters. The third-order valence-corrected chi connectivity index (χ3v) is 3.32. The van der Waals surface area contributed by atoms with Gasteiger partial charge in [-0.05, 0) is 13.3 Å². The molecule has 0 saturated heterocycles. The van der Waals surface area contributed by atoms with Gasteiger partial charge >= 0.3 is 6.09 Å². The molecule has 114 valence electrons. The van der Waals surface area contributed by atoms with E-state index in [0.29, 0.717) is 24.2 Å². The molecule has 0 spiro atoms. The highest BCUT2D eigenvalue weighted by Crippen LogP contribution is 2.13. The summed E-state index contributed by atoms with van der Waals surface area (Å²) in [6.45, 7) is 2.64. The number of fused-ring (bicyclic) bond motifs is 1. The zero-order valence-electron chi connectivity index (χ0n) is 12.1. The number of aromatic nitrogens is 2. The minimum Gasteiger partial charge on any atom is -0.450 e. The van der Waals surface area contributed by atoms with E-state index in [4.69, 9.17) is 4.74 Å². The summed E-state index contributed by atoms with van der Waals surface area (Å²) in [7, 11) is 1.51. The van der Waals surface area contributed by atoms with E-state index in [2.05, 4.69) is 9.97 Å². The normalized spacial score (nSPS) is 13.5. The highest BCUT2D eigenvalue weighted by molar-refractivity contribution is 5.82. The standard InChI is InChI=1S/C13H18N4O4/c1-3-21-13(20)16(2)7-11(18)17-5-4-9-10(6-17)14-8-15-12(9)19/h8H,3-7H2,1-2H3,(H,14,15,19). The second-order valence-electron chi connectivity index (χ2n) is 4.78. The molecule has 8 nitrogen and oxygen atoms in total. The van der Waals surface area contributed by atoms with Gasteiger partial charge in [-0.2, -0.15) is 0 Å². The molecule has 0 aromatic carbocycles. The van der Waals surface area contributed by atoms with Crippen LogP contribution in [0.2, 0.25) is 0 Å². The summed E-state index contributed by atoms with van der Waals surface area (Å²) >= 11 is 0. The molecule has 1 N–H and O–H groups in total. The molecule has 0 radical (unpaired) electrons. The lowest BCUT2D eigenvalue weighted by atomic mass is 10.1. The molecule has 21 heavy (non-hydrogen) atoms. The van der Waals surface area contributed by atoms with Crippen molar-refractivity contribution in [3.63, 3.8) is 0 Å². The van der Waals surface area contributed by atoms with Crippen LogP contribution in [-0.2, 0) is 22.5 Å². The lowest BCUT2D eigenvalue weighted by Gasteiger charge is -2.28. The second-order valence-corrected chi connectivity index (χ2v) is 4.78. The van der Waals surface area contributed by atoms with E-state index in [9.17, 15) is 14.4 Å². The van der Waals surface area contributed by atoms with Crippen molar-refractivity contribution in [3.8, 4) is 0 Å². The summed E-state index contributed by atoms with van der Waals surface area (Å²) in [5.74, 6) is -0.196. The van der Waals surface area contributed by atoms with Crippen LogP contribution in [0.3, 0.4) is 0 Å². The van der Waals surface area contributed by atoms with Gasteiger partial charge in [0.2, 0.25) is 5.91 Å².